The molecular formula is C24H39NO7. The molecule has 0 aromatic rings. The summed E-state index contributed by atoms with van der Waals surface area (Å²) in [5.41, 5.74) is -6.17. The monoisotopic (exact) mass is 453 g/mol. The second-order valence-corrected chi connectivity index (χ2v) is 11.9. The molecule has 1 aliphatic heterocycles. The molecule has 182 valence electrons. The van der Waals surface area contributed by atoms with Crippen molar-refractivity contribution in [2.24, 2.45) is 28.6 Å². The molecule has 6 rings (SSSR count). The standard InChI is InChI=1S/C24H39NO7/c1-6-25-11-20(2)8-7-14(31-4)23-17(20)18(26)24(29,19(23)25)22(28)10-13(30-3)12-9-21(23,27)16(22)15(12)32-5/h12-19,26-29H,6-11H2,1-5H3/t12-,13?,14+,15+,16?,17-,18+,19+,20+,21+,22-,23-,24+/m1/s1. The van der Waals surface area contributed by atoms with Crippen LogP contribution in [-0.2, 0) is 14.2 Å². The average Bonchev–Trinajstić information content (AvgIpc) is 3.12. The largest absolute Gasteiger partial charge is 0.390 e. The maximum absolute atomic E-state index is 12.9. The molecule has 2 unspecified atom stereocenters. The van der Waals surface area contributed by atoms with Crippen molar-refractivity contribution < 1.29 is 34.6 Å². The molecule has 13 atom stereocenters. The number of hydrogen-bond acceptors (Lipinski definition) is 8. The van der Waals surface area contributed by atoms with Gasteiger partial charge in [-0.3, -0.25) is 4.90 Å². The Bertz CT molecular complexity index is 828. The maximum atomic E-state index is 12.9. The molecule has 8 heteroatoms. The van der Waals surface area contributed by atoms with Crippen LogP contribution in [0.5, 0.6) is 0 Å². The molecule has 1 spiro atoms. The van der Waals surface area contributed by atoms with Gasteiger partial charge in [-0.05, 0) is 31.2 Å². The van der Waals surface area contributed by atoms with Crippen molar-refractivity contribution in [1.29, 1.82) is 0 Å². The van der Waals surface area contributed by atoms with Gasteiger partial charge in [-0.1, -0.05) is 13.8 Å². The number of likely N-dealkylation sites (tertiary alicyclic amines) is 1. The molecule has 4 N–H and O–H groups in total. The lowest BCUT2D eigenvalue weighted by Gasteiger charge is -2.72. The lowest BCUT2D eigenvalue weighted by atomic mass is 9.41. The Kier molecular flexibility index (Phi) is 4.34. The zero-order valence-corrected chi connectivity index (χ0v) is 19.8. The zero-order valence-electron chi connectivity index (χ0n) is 19.8. The van der Waals surface area contributed by atoms with E-state index in [1.165, 1.54) is 0 Å². The summed E-state index contributed by atoms with van der Waals surface area (Å²) in [7, 11) is 4.89. The molecule has 32 heavy (non-hydrogen) atoms. The van der Waals surface area contributed by atoms with Gasteiger partial charge in [0.25, 0.3) is 0 Å². The average molecular weight is 454 g/mol. The van der Waals surface area contributed by atoms with Crippen molar-refractivity contribution in [3.8, 4) is 0 Å². The van der Waals surface area contributed by atoms with Gasteiger partial charge in [0.2, 0.25) is 0 Å². The number of ether oxygens (including phenoxy) is 3. The van der Waals surface area contributed by atoms with Gasteiger partial charge in [-0.2, -0.15) is 0 Å². The second-order valence-electron chi connectivity index (χ2n) is 11.9. The van der Waals surface area contributed by atoms with Crippen LogP contribution in [0.4, 0.5) is 0 Å². The van der Waals surface area contributed by atoms with Gasteiger partial charge in [0, 0.05) is 52.0 Å². The summed E-state index contributed by atoms with van der Waals surface area (Å²) >= 11 is 0. The number of hydrogen-bond donors (Lipinski definition) is 4. The first kappa shape index (κ1) is 22.2. The minimum Gasteiger partial charge on any atom is -0.390 e. The maximum Gasteiger partial charge on any atom is 0.136 e. The second kappa shape index (κ2) is 6.26. The third kappa shape index (κ3) is 1.86. The summed E-state index contributed by atoms with van der Waals surface area (Å²) in [6.07, 6.45) is -0.212. The number of rotatable bonds is 4. The molecule has 6 fully saturated rings. The Morgan fingerprint density at radius 3 is 2.28 bits per heavy atom. The SMILES string of the molecule is CCN1C[C@]2(C)CC[C@H](OC)[C@@]34[C@@H]2[C@H](O)[C@](O)([C@@H]13)[C@@]1(O)CC(OC)[C@H]2C[C@]4(O)C1[C@H]2OC. The highest BCUT2D eigenvalue weighted by atomic mass is 16.5. The number of aliphatic hydroxyl groups excluding tert-OH is 1. The molecule has 0 amide bonds. The van der Waals surface area contributed by atoms with Gasteiger partial charge in [0.1, 0.15) is 11.2 Å². The van der Waals surface area contributed by atoms with Crippen molar-refractivity contribution in [1.82, 2.24) is 4.90 Å². The van der Waals surface area contributed by atoms with Gasteiger partial charge in [0.15, 0.2) is 0 Å². The molecule has 5 aliphatic carbocycles. The molecular weight excluding hydrogens is 414 g/mol. The van der Waals surface area contributed by atoms with E-state index < -0.39 is 46.4 Å². The fourth-order valence-corrected chi connectivity index (χ4v) is 10.7. The van der Waals surface area contributed by atoms with Gasteiger partial charge < -0.3 is 34.6 Å². The van der Waals surface area contributed by atoms with E-state index in [0.29, 0.717) is 13.0 Å². The Morgan fingerprint density at radius 2 is 1.69 bits per heavy atom. The molecule has 5 saturated carbocycles. The molecule has 7 bridgehead atoms. The predicted octanol–water partition coefficient (Wildman–Crippen LogP) is -0.241. The first-order chi connectivity index (χ1) is 15.1. The van der Waals surface area contributed by atoms with Gasteiger partial charge in [-0.15, -0.1) is 0 Å². The van der Waals surface area contributed by atoms with E-state index in [-0.39, 0.29) is 35.9 Å². The molecule has 1 saturated heterocycles. The zero-order chi connectivity index (χ0) is 23.1. The lowest BCUT2D eigenvalue weighted by molar-refractivity contribution is -0.355. The van der Waals surface area contributed by atoms with E-state index in [2.05, 4.69) is 18.7 Å². The summed E-state index contributed by atoms with van der Waals surface area (Å²) in [4.78, 5) is 2.21. The summed E-state index contributed by atoms with van der Waals surface area (Å²) < 4.78 is 17.9. The van der Waals surface area contributed by atoms with Crippen LogP contribution in [0.3, 0.4) is 0 Å². The first-order valence-corrected chi connectivity index (χ1v) is 12.2. The fraction of sp³-hybridized carbons (Fsp3) is 1.00. The van der Waals surface area contributed by atoms with E-state index >= 15 is 0 Å². The minimum absolute atomic E-state index is 0.101. The van der Waals surface area contributed by atoms with E-state index in [9.17, 15) is 20.4 Å². The van der Waals surface area contributed by atoms with Crippen LogP contribution in [0.1, 0.15) is 39.5 Å². The van der Waals surface area contributed by atoms with E-state index in [1.807, 2.05) is 0 Å². The van der Waals surface area contributed by atoms with Gasteiger partial charge >= 0.3 is 0 Å². The Morgan fingerprint density at radius 1 is 0.969 bits per heavy atom. The topological polar surface area (TPSA) is 112 Å². The van der Waals surface area contributed by atoms with Gasteiger partial charge in [-0.25, -0.2) is 0 Å². The van der Waals surface area contributed by atoms with Crippen LogP contribution in [-0.4, -0.2) is 107 Å². The number of methoxy groups -OCH3 is 3. The van der Waals surface area contributed by atoms with Crippen LogP contribution < -0.4 is 0 Å². The van der Waals surface area contributed by atoms with Crippen molar-refractivity contribution in [3.05, 3.63) is 0 Å². The molecule has 1 heterocycles. The predicted molar refractivity (Wildman–Crippen MR) is 114 cm³/mol. The fourth-order valence-electron chi connectivity index (χ4n) is 10.7. The quantitative estimate of drug-likeness (QED) is 0.462. The van der Waals surface area contributed by atoms with Crippen molar-refractivity contribution in [3.63, 3.8) is 0 Å². The van der Waals surface area contributed by atoms with Crippen LogP contribution >= 0.6 is 0 Å². The molecule has 0 aromatic heterocycles. The number of likely N-dealkylation sites (N-methyl/N-ethyl adjacent to an activating group) is 1. The van der Waals surface area contributed by atoms with Crippen molar-refractivity contribution >= 4 is 0 Å². The molecule has 8 nitrogen and oxygen atoms in total. The van der Waals surface area contributed by atoms with Crippen LogP contribution in [0.2, 0.25) is 0 Å². The first-order valence-electron chi connectivity index (χ1n) is 12.2. The highest BCUT2D eigenvalue weighted by Gasteiger charge is 2.94. The summed E-state index contributed by atoms with van der Waals surface area (Å²) in [6.45, 7) is 5.61. The summed E-state index contributed by atoms with van der Waals surface area (Å²) in [5.74, 6) is -1.21. The van der Waals surface area contributed by atoms with E-state index in [0.717, 1.165) is 19.4 Å². The molecule has 0 radical (unpaired) electrons. The smallest absolute Gasteiger partial charge is 0.136 e. The molecule has 6 aliphatic rings. The lowest BCUT2D eigenvalue weighted by Crippen LogP contribution is -2.86. The Balaban J connectivity index is 1.71. The Labute approximate surface area is 189 Å². The summed E-state index contributed by atoms with van der Waals surface area (Å²) in [5, 5.41) is 50.0. The highest BCUT2D eigenvalue weighted by Crippen LogP contribution is 2.81. The highest BCUT2D eigenvalue weighted by molar-refractivity contribution is 5.45. The van der Waals surface area contributed by atoms with Crippen molar-refractivity contribution in [2.75, 3.05) is 34.4 Å². The normalized spacial score (nSPS) is 64.8. The number of aliphatic hydroxyl groups is 4. The third-order valence-electron chi connectivity index (χ3n) is 11.4. The molecule has 0 aromatic carbocycles. The number of fused-ring (bicyclic) bond motifs is 2. The Hall–Kier alpha value is -0.320. The van der Waals surface area contributed by atoms with Crippen LogP contribution in [0.25, 0.3) is 0 Å². The van der Waals surface area contributed by atoms with Gasteiger partial charge in [0.05, 0.1) is 41.5 Å². The van der Waals surface area contributed by atoms with E-state index in [1.54, 1.807) is 21.3 Å². The third-order valence-corrected chi connectivity index (χ3v) is 11.4. The van der Waals surface area contributed by atoms with E-state index in [4.69, 9.17) is 14.2 Å². The van der Waals surface area contributed by atoms with Crippen molar-refractivity contribution in [2.45, 2.75) is 86.8 Å². The minimum atomic E-state index is -1.83. The van der Waals surface area contributed by atoms with Crippen LogP contribution in [0.15, 0.2) is 0 Å². The summed E-state index contributed by atoms with van der Waals surface area (Å²) in [6, 6.07) is -0.614. The number of piperidine rings is 1. The van der Waals surface area contributed by atoms with Crippen LogP contribution in [0, 0.1) is 28.6 Å². The number of nitrogens with zero attached hydrogens (tertiary/aromatic N) is 1.